The van der Waals surface area contributed by atoms with Crippen LogP contribution in [0, 0.1) is 12.8 Å². The lowest BCUT2D eigenvalue weighted by atomic mass is 10.1. The number of rotatable bonds is 4. The van der Waals surface area contributed by atoms with Crippen LogP contribution in [0.2, 0.25) is 5.02 Å². The molecular formula is C13H16ClNO2. The minimum atomic E-state index is -0.428. The van der Waals surface area contributed by atoms with Gasteiger partial charge in [-0.05, 0) is 37.3 Å². The molecule has 0 bridgehead atoms. The van der Waals surface area contributed by atoms with Gasteiger partial charge in [0.15, 0.2) is 0 Å². The van der Waals surface area contributed by atoms with Gasteiger partial charge in [0.2, 0.25) is 0 Å². The van der Waals surface area contributed by atoms with Gasteiger partial charge in [0.05, 0.1) is 16.7 Å². The van der Waals surface area contributed by atoms with Crippen LogP contribution in [-0.4, -0.2) is 23.7 Å². The Morgan fingerprint density at radius 3 is 2.94 bits per heavy atom. The van der Waals surface area contributed by atoms with Gasteiger partial charge in [-0.25, -0.2) is 0 Å². The molecule has 0 radical (unpaired) electrons. The minimum absolute atomic E-state index is 0.224. The molecule has 92 valence electrons. The number of amides is 1. The van der Waals surface area contributed by atoms with Gasteiger partial charge in [0.1, 0.15) is 0 Å². The summed E-state index contributed by atoms with van der Waals surface area (Å²) in [5.74, 6) is 0.140. The van der Waals surface area contributed by atoms with E-state index < -0.39 is 6.10 Å². The van der Waals surface area contributed by atoms with E-state index in [4.69, 9.17) is 11.6 Å². The number of nitrogens with one attached hydrogen (secondary N) is 1. The Bertz CT molecular complexity index is 429. The number of hydrogen-bond acceptors (Lipinski definition) is 2. The van der Waals surface area contributed by atoms with Gasteiger partial charge in [0, 0.05) is 6.54 Å². The van der Waals surface area contributed by atoms with Gasteiger partial charge in [-0.2, -0.15) is 0 Å². The summed E-state index contributed by atoms with van der Waals surface area (Å²) in [5.41, 5.74) is 1.34. The first kappa shape index (κ1) is 12.4. The molecule has 1 amide bonds. The zero-order chi connectivity index (χ0) is 12.4. The molecule has 2 N–H and O–H groups in total. The smallest absolute Gasteiger partial charge is 0.252 e. The van der Waals surface area contributed by atoms with Crippen LogP contribution in [0.5, 0.6) is 0 Å². The van der Waals surface area contributed by atoms with Crippen molar-refractivity contribution in [3.63, 3.8) is 0 Å². The molecule has 1 aromatic carbocycles. The van der Waals surface area contributed by atoms with Gasteiger partial charge in [-0.1, -0.05) is 23.7 Å². The number of benzene rings is 1. The van der Waals surface area contributed by atoms with Crippen molar-refractivity contribution in [2.24, 2.45) is 5.92 Å². The second kappa shape index (κ2) is 5.07. The standard InChI is InChI=1S/C13H16ClNO2/c1-8-3-2-4-10(12(8)14)13(17)15-7-11(16)9-5-6-9/h2-4,9,11,16H,5-7H2,1H3,(H,15,17). The molecule has 4 heteroatoms. The van der Waals surface area contributed by atoms with Crippen molar-refractivity contribution in [2.45, 2.75) is 25.9 Å². The molecule has 1 aliphatic rings. The number of aliphatic hydroxyl groups excluding tert-OH is 1. The molecule has 1 aromatic rings. The van der Waals surface area contributed by atoms with Crippen LogP contribution in [0.15, 0.2) is 18.2 Å². The Kier molecular flexibility index (Phi) is 3.69. The highest BCUT2D eigenvalue weighted by atomic mass is 35.5. The zero-order valence-electron chi connectivity index (χ0n) is 9.74. The lowest BCUT2D eigenvalue weighted by molar-refractivity contribution is 0.0901. The van der Waals surface area contributed by atoms with E-state index in [-0.39, 0.29) is 5.91 Å². The number of halogens is 1. The SMILES string of the molecule is Cc1cccc(C(=O)NCC(O)C2CC2)c1Cl. The van der Waals surface area contributed by atoms with Crippen molar-refractivity contribution in [2.75, 3.05) is 6.54 Å². The summed E-state index contributed by atoms with van der Waals surface area (Å²) in [4.78, 5) is 11.9. The maximum atomic E-state index is 11.9. The van der Waals surface area contributed by atoms with Gasteiger partial charge >= 0.3 is 0 Å². The highest BCUT2D eigenvalue weighted by molar-refractivity contribution is 6.34. The highest BCUT2D eigenvalue weighted by Crippen LogP contribution is 2.32. The van der Waals surface area contributed by atoms with E-state index in [1.807, 2.05) is 13.0 Å². The Morgan fingerprint density at radius 2 is 2.29 bits per heavy atom. The van der Waals surface area contributed by atoms with Crippen LogP contribution >= 0.6 is 11.6 Å². The maximum absolute atomic E-state index is 11.9. The fraction of sp³-hybridized carbons (Fsp3) is 0.462. The van der Waals surface area contributed by atoms with Crippen LogP contribution in [0.1, 0.15) is 28.8 Å². The quantitative estimate of drug-likeness (QED) is 0.864. The summed E-state index contributed by atoms with van der Waals surface area (Å²) in [6, 6.07) is 5.35. The van der Waals surface area contributed by atoms with E-state index in [1.54, 1.807) is 12.1 Å². The largest absolute Gasteiger partial charge is 0.391 e. The molecule has 0 aliphatic heterocycles. The summed E-state index contributed by atoms with van der Waals surface area (Å²) >= 11 is 6.05. The van der Waals surface area contributed by atoms with Crippen molar-refractivity contribution in [3.05, 3.63) is 34.3 Å². The fourth-order valence-electron chi connectivity index (χ4n) is 1.76. The van der Waals surface area contributed by atoms with Gasteiger partial charge < -0.3 is 10.4 Å². The molecule has 2 rings (SSSR count). The predicted molar refractivity (Wildman–Crippen MR) is 67.3 cm³/mol. The molecule has 0 aromatic heterocycles. The van der Waals surface area contributed by atoms with Crippen molar-refractivity contribution in [3.8, 4) is 0 Å². The molecule has 0 heterocycles. The minimum Gasteiger partial charge on any atom is -0.391 e. The van der Waals surface area contributed by atoms with Crippen LogP contribution in [0.3, 0.4) is 0 Å². The zero-order valence-corrected chi connectivity index (χ0v) is 10.5. The third kappa shape index (κ3) is 2.99. The second-order valence-electron chi connectivity index (χ2n) is 4.55. The summed E-state index contributed by atoms with van der Waals surface area (Å²) in [7, 11) is 0. The normalized spacial score (nSPS) is 16.6. The molecule has 1 saturated carbocycles. The van der Waals surface area contributed by atoms with Crippen LogP contribution < -0.4 is 5.32 Å². The third-order valence-corrected chi connectivity index (χ3v) is 3.58. The van der Waals surface area contributed by atoms with Gasteiger partial charge in [0.25, 0.3) is 5.91 Å². The van der Waals surface area contributed by atoms with E-state index in [1.165, 1.54) is 0 Å². The van der Waals surface area contributed by atoms with Crippen molar-refractivity contribution in [1.29, 1.82) is 0 Å². The van der Waals surface area contributed by atoms with Crippen LogP contribution in [0.4, 0.5) is 0 Å². The van der Waals surface area contributed by atoms with Crippen LogP contribution in [-0.2, 0) is 0 Å². The molecule has 1 aliphatic carbocycles. The lowest BCUT2D eigenvalue weighted by Gasteiger charge is -2.12. The average molecular weight is 254 g/mol. The number of aliphatic hydroxyl groups is 1. The summed E-state index contributed by atoms with van der Waals surface area (Å²) in [6.07, 6.45) is 1.69. The lowest BCUT2D eigenvalue weighted by Crippen LogP contribution is -2.33. The topological polar surface area (TPSA) is 49.3 Å². The van der Waals surface area contributed by atoms with E-state index in [0.717, 1.165) is 18.4 Å². The van der Waals surface area contributed by atoms with Gasteiger partial charge in [-0.3, -0.25) is 4.79 Å². The summed E-state index contributed by atoms with van der Waals surface area (Å²) in [5, 5.41) is 12.9. The molecule has 1 atom stereocenters. The Hall–Kier alpha value is -1.06. The van der Waals surface area contributed by atoms with Crippen molar-refractivity contribution in [1.82, 2.24) is 5.32 Å². The first-order valence-corrected chi connectivity index (χ1v) is 6.18. The summed E-state index contributed by atoms with van der Waals surface area (Å²) < 4.78 is 0. The Morgan fingerprint density at radius 1 is 1.59 bits per heavy atom. The van der Waals surface area contributed by atoms with E-state index in [9.17, 15) is 9.90 Å². The number of carbonyl (C=O) groups is 1. The second-order valence-corrected chi connectivity index (χ2v) is 4.93. The van der Waals surface area contributed by atoms with Gasteiger partial charge in [-0.15, -0.1) is 0 Å². The molecular weight excluding hydrogens is 238 g/mol. The first-order chi connectivity index (χ1) is 8.09. The first-order valence-electron chi connectivity index (χ1n) is 5.81. The van der Waals surface area contributed by atoms with Crippen molar-refractivity contribution >= 4 is 17.5 Å². The third-order valence-electron chi connectivity index (χ3n) is 3.07. The fourth-order valence-corrected chi connectivity index (χ4v) is 1.97. The molecule has 0 spiro atoms. The number of carbonyl (C=O) groups excluding carboxylic acids is 1. The molecule has 17 heavy (non-hydrogen) atoms. The number of hydrogen-bond donors (Lipinski definition) is 2. The average Bonchev–Trinajstić information content (AvgIpc) is 3.13. The Balaban J connectivity index is 1.96. The van der Waals surface area contributed by atoms with Crippen LogP contribution in [0.25, 0.3) is 0 Å². The van der Waals surface area contributed by atoms with E-state index >= 15 is 0 Å². The van der Waals surface area contributed by atoms with E-state index in [2.05, 4.69) is 5.32 Å². The number of aryl methyl sites for hydroxylation is 1. The van der Waals surface area contributed by atoms with E-state index in [0.29, 0.717) is 23.0 Å². The predicted octanol–water partition coefficient (Wildman–Crippen LogP) is 2.15. The molecule has 1 unspecified atom stereocenters. The summed E-state index contributed by atoms with van der Waals surface area (Å²) in [6.45, 7) is 2.16. The Labute approximate surface area is 106 Å². The molecule has 0 saturated heterocycles. The monoisotopic (exact) mass is 253 g/mol. The molecule has 1 fully saturated rings. The molecule has 3 nitrogen and oxygen atoms in total. The van der Waals surface area contributed by atoms with Crippen molar-refractivity contribution < 1.29 is 9.90 Å². The maximum Gasteiger partial charge on any atom is 0.252 e. The highest BCUT2D eigenvalue weighted by Gasteiger charge is 2.29.